The fraction of sp³-hybridized carbons (Fsp3) is 0.333. The average Bonchev–Trinajstić information content (AvgIpc) is 2.64. The van der Waals surface area contributed by atoms with Gasteiger partial charge in [0.2, 0.25) is 0 Å². The van der Waals surface area contributed by atoms with E-state index in [1.807, 2.05) is 13.8 Å². The summed E-state index contributed by atoms with van der Waals surface area (Å²) < 4.78 is 7.65. The van der Waals surface area contributed by atoms with Crippen molar-refractivity contribution in [3.05, 3.63) is 45.7 Å². The van der Waals surface area contributed by atoms with Crippen LogP contribution < -0.4 is 10.2 Å². The minimum Gasteiger partial charge on any atom is -0.508 e. The van der Waals surface area contributed by atoms with Crippen molar-refractivity contribution < 1.29 is 19.7 Å². The first-order chi connectivity index (χ1) is 11.3. The predicted molar refractivity (Wildman–Crippen MR) is 88.9 cm³/mol. The topological polar surface area (TPSA) is 88.8 Å². The molecule has 0 spiro atoms. The fourth-order valence-corrected chi connectivity index (χ4v) is 2.97. The molecule has 0 amide bonds. The molecule has 0 saturated heterocycles. The zero-order valence-electron chi connectivity index (χ0n) is 13.7. The van der Waals surface area contributed by atoms with Crippen LogP contribution in [0.2, 0.25) is 0 Å². The third-order valence-corrected chi connectivity index (χ3v) is 4.42. The highest BCUT2D eigenvalue weighted by atomic mass is 16.5. The zero-order valence-corrected chi connectivity index (χ0v) is 13.7. The molecule has 0 unspecified atom stereocenters. The number of phenols is 1. The van der Waals surface area contributed by atoms with Gasteiger partial charge >= 0.3 is 5.97 Å². The van der Waals surface area contributed by atoms with Crippen LogP contribution >= 0.6 is 0 Å². The molecular weight excluding hydrogens is 310 g/mol. The van der Waals surface area contributed by atoms with E-state index in [0.717, 1.165) is 0 Å². The molecule has 3 rings (SSSR count). The molecule has 0 bridgehead atoms. The van der Waals surface area contributed by atoms with Gasteiger partial charge in [0, 0.05) is 23.9 Å². The molecule has 1 aromatic carbocycles. The Balaban J connectivity index is 2.35. The number of aromatic carboxylic acids is 1. The number of phenolic OH excluding ortho intramolecular Hbond substituents is 1. The molecule has 6 heteroatoms. The van der Waals surface area contributed by atoms with Crippen molar-refractivity contribution in [2.75, 3.05) is 6.61 Å². The molecule has 0 aliphatic carbocycles. The number of hydrogen-bond acceptors (Lipinski definition) is 4. The molecule has 126 valence electrons. The van der Waals surface area contributed by atoms with Gasteiger partial charge in [0.25, 0.3) is 0 Å². The minimum atomic E-state index is -1.25. The summed E-state index contributed by atoms with van der Waals surface area (Å²) in [5.74, 6) is -0.479. The largest absolute Gasteiger partial charge is 0.508 e. The van der Waals surface area contributed by atoms with Crippen molar-refractivity contribution in [2.24, 2.45) is 5.92 Å². The van der Waals surface area contributed by atoms with Gasteiger partial charge in [-0.15, -0.1) is 0 Å². The number of ether oxygens (including phenoxy) is 1. The lowest BCUT2D eigenvalue weighted by molar-refractivity contribution is 0.0694. The Bertz CT molecular complexity index is 882. The van der Waals surface area contributed by atoms with Gasteiger partial charge in [0.05, 0.1) is 11.7 Å². The Kier molecular flexibility index (Phi) is 3.83. The SMILES string of the molecule is Cc1cc2c(cc1O)OC[C@@H](C(C)C)n1cc(C(=O)O)c(=O)cc1-2. The minimum absolute atomic E-state index is 0.118. The van der Waals surface area contributed by atoms with Gasteiger partial charge in [-0.05, 0) is 24.5 Å². The number of benzene rings is 1. The lowest BCUT2D eigenvalue weighted by atomic mass is 10.0. The Morgan fingerprint density at radius 2 is 2.04 bits per heavy atom. The van der Waals surface area contributed by atoms with Crippen molar-refractivity contribution in [1.82, 2.24) is 4.57 Å². The number of aromatic nitrogens is 1. The number of aryl methyl sites for hydroxylation is 1. The lowest BCUT2D eigenvalue weighted by Gasteiger charge is -2.24. The highest BCUT2D eigenvalue weighted by molar-refractivity contribution is 5.87. The van der Waals surface area contributed by atoms with Crippen molar-refractivity contribution in [1.29, 1.82) is 0 Å². The first-order valence-electron chi connectivity index (χ1n) is 7.76. The highest BCUT2D eigenvalue weighted by Crippen LogP contribution is 2.39. The van der Waals surface area contributed by atoms with Gasteiger partial charge in [-0.1, -0.05) is 13.8 Å². The maximum Gasteiger partial charge on any atom is 0.341 e. The number of hydrogen-bond donors (Lipinski definition) is 2. The molecule has 2 N–H and O–H groups in total. The van der Waals surface area contributed by atoms with Crippen LogP contribution in [-0.2, 0) is 0 Å². The summed E-state index contributed by atoms with van der Waals surface area (Å²) in [5, 5.41) is 19.2. The number of aromatic hydroxyl groups is 1. The monoisotopic (exact) mass is 329 g/mol. The third kappa shape index (κ3) is 2.54. The van der Waals surface area contributed by atoms with Crippen LogP contribution in [0.25, 0.3) is 11.3 Å². The maximum atomic E-state index is 12.2. The van der Waals surface area contributed by atoms with Gasteiger partial charge in [-0.2, -0.15) is 0 Å². The molecule has 1 aliphatic heterocycles. The molecule has 1 aromatic heterocycles. The van der Waals surface area contributed by atoms with Crippen LogP contribution in [0.3, 0.4) is 0 Å². The summed E-state index contributed by atoms with van der Waals surface area (Å²) in [5.41, 5.74) is 1.11. The Labute approximate surface area is 138 Å². The summed E-state index contributed by atoms with van der Waals surface area (Å²) in [6, 6.07) is 4.49. The van der Waals surface area contributed by atoms with Crippen LogP contribution in [0.15, 0.2) is 29.2 Å². The molecule has 2 aromatic rings. The third-order valence-electron chi connectivity index (χ3n) is 4.42. The van der Waals surface area contributed by atoms with Crippen molar-refractivity contribution in [3.63, 3.8) is 0 Å². The van der Waals surface area contributed by atoms with E-state index in [-0.39, 0.29) is 23.3 Å². The van der Waals surface area contributed by atoms with Crippen molar-refractivity contribution in [3.8, 4) is 22.8 Å². The number of carboxylic acids is 1. The normalized spacial score (nSPS) is 16.1. The van der Waals surface area contributed by atoms with E-state index < -0.39 is 11.4 Å². The van der Waals surface area contributed by atoms with E-state index in [1.165, 1.54) is 18.3 Å². The lowest BCUT2D eigenvalue weighted by Crippen LogP contribution is -2.25. The molecule has 1 atom stereocenters. The molecule has 0 saturated carbocycles. The second-order valence-corrected chi connectivity index (χ2v) is 6.41. The number of nitrogens with zero attached hydrogens (tertiary/aromatic N) is 1. The number of carbonyl (C=O) groups is 1. The van der Waals surface area contributed by atoms with E-state index in [0.29, 0.717) is 29.2 Å². The summed E-state index contributed by atoms with van der Waals surface area (Å²) in [6.07, 6.45) is 1.39. The van der Waals surface area contributed by atoms with E-state index in [1.54, 1.807) is 17.6 Å². The number of rotatable bonds is 2. The van der Waals surface area contributed by atoms with Gasteiger partial charge in [0.1, 0.15) is 23.7 Å². The van der Waals surface area contributed by atoms with Crippen LogP contribution in [0.5, 0.6) is 11.5 Å². The molecule has 1 aliphatic rings. The second-order valence-electron chi connectivity index (χ2n) is 6.41. The maximum absolute atomic E-state index is 12.2. The molecule has 24 heavy (non-hydrogen) atoms. The summed E-state index contributed by atoms with van der Waals surface area (Å²) in [7, 11) is 0. The summed E-state index contributed by atoms with van der Waals surface area (Å²) in [6.45, 7) is 6.10. The van der Waals surface area contributed by atoms with Crippen LogP contribution in [0.4, 0.5) is 0 Å². The Morgan fingerprint density at radius 1 is 1.33 bits per heavy atom. The van der Waals surface area contributed by atoms with Crippen LogP contribution in [0.1, 0.15) is 35.8 Å². The first-order valence-corrected chi connectivity index (χ1v) is 7.76. The van der Waals surface area contributed by atoms with Gasteiger partial charge in [0.15, 0.2) is 5.43 Å². The summed E-state index contributed by atoms with van der Waals surface area (Å²) in [4.78, 5) is 23.5. The van der Waals surface area contributed by atoms with E-state index in [4.69, 9.17) is 4.74 Å². The smallest absolute Gasteiger partial charge is 0.341 e. The fourth-order valence-electron chi connectivity index (χ4n) is 2.97. The van der Waals surface area contributed by atoms with Crippen LogP contribution in [0, 0.1) is 12.8 Å². The zero-order chi connectivity index (χ0) is 17.6. The predicted octanol–water partition coefficient (Wildman–Crippen LogP) is 2.82. The summed E-state index contributed by atoms with van der Waals surface area (Å²) >= 11 is 0. The highest BCUT2D eigenvalue weighted by Gasteiger charge is 2.27. The standard InChI is InChI=1S/C18H19NO5/c1-9(2)14-8-24-17-6-15(20)10(3)4-11(17)13-5-16(21)12(18(22)23)7-19(13)14/h4-7,9,14,20H,8H2,1-3H3,(H,22,23)/t14-/m0/s1. The Morgan fingerprint density at radius 3 is 2.67 bits per heavy atom. The Hall–Kier alpha value is -2.76. The van der Waals surface area contributed by atoms with Gasteiger partial charge in [-0.25, -0.2) is 4.79 Å². The van der Waals surface area contributed by atoms with E-state index >= 15 is 0 Å². The van der Waals surface area contributed by atoms with Gasteiger partial charge in [-0.3, -0.25) is 4.79 Å². The van der Waals surface area contributed by atoms with Crippen LogP contribution in [-0.4, -0.2) is 27.4 Å². The average molecular weight is 329 g/mol. The molecule has 2 heterocycles. The van der Waals surface area contributed by atoms with Crippen molar-refractivity contribution in [2.45, 2.75) is 26.8 Å². The first kappa shape index (κ1) is 16.1. The second kappa shape index (κ2) is 5.70. The number of carboxylic acid groups (broad SMARTS) is 1. The van der Waals surface area contributed by atoms with E-state index in [2.05, 4.69) is 0 Å². The molecule has 0 radical (unpaired) electrons. The number of pyridine rings is 1. The molecular formula is C18H19NO5. The quantitative estimate of drug-likeness (QED) is 0.884. The van der Waals surface area contributed by atoms with Crippen molar-refractivity contribution >= 4 is 5.97 Å². The number of fused-ring (bicyclic) bond motifs is 3. The molecule has 6 nitrogen and oxygen atoms in total. The van der Waals surface area contributed by atoms with Gasteiger partial charge < -0.3 is 19.5 Å². The molecule has 0 fully saturated rings. The van der Waals surface area contributed by atoms with E-state index in [9.17, 15) is 19.8 Å².